The van der Waals surface area contributed by atoms with Crippen LogP contribution in [0, 0.1) is 0 Å². The second kappa shape index (κ2) is 6.50. The standard InChI is InChI=1S/C10H16ClN3O2/c1-7(2)15-4-5-16-9-8(11)6-13-10(12-3)14-9/h6-7H,4-5H2,1-3H3,(H,12,13,14). The lowest BCUT2D eigenvalue weighted by atomic mass is 10.5. The molecule has 16 heavy (non-hydrogen) atoms. The molecule has 1 heterocycles. The zero-order chi connectivity index (χ0) is 12.0. The lowest BCUT2D eigenvalue weighted by Crippen LogP contribution is -2.12. The van der Waals surface area contributed by atoms with Crippen LogP contribution in [0.5, 0.6) is 5.88 Å². The molecular formula is C10H16ClN3O2. The van der Waals surface area contributed by atoms with Crippen molar-refractivity contribution in [3.63, 3.8) is 0 Å². The van der Waals surface area contributed by atoms with Crippen LogP contribution < -0.4 is 10.1 Å². The van der Waals surface area contributed by atoms with Crippen LogP contribution in [0.15, 0.2) is 6.20 Å². The highest BCUT2D eigenvalue weighted by Crippen LogP contribution is 2.21. The number of halogens is 1. The number of rotatable bonds is 6. The predicted octanol–water partition coefficient (Wildman–Crippen LogP) is 1.98. The summed E-state index contributed by atoms with van der Waals surface area (Å²) in [6, 6.07) is 0. The molecule has 0 aromatic carbocycles. The number of hydrogen-bond donors (Lipinski definition) is 1. The Bertz CT molecular complexity index is 334. The quantitative estimate of drug-likeness (QED) is 0.777. The fourth-order valence-corrected chi connectivity index (χ4v) is 1.14. The topological polar surface area (TPSA) is 56.3 Å². The van der Waals surface area contributed by atoms with Crippen LogP contribution >= 0.6 is 11.6 Å². The largest absolute Gasteiger partial charge is 0.474 e. The van der Waals surface area contributed by atoms with E-state index in [1.807, 2.05) is 13.8 Å². The summed E-state index contributed by atoms with van der Waals surface area (Å²) in [5, 5.41) is 3.20. The van der Waals surface area contributed by atoms with E-state index in [4.69, 9.17) is 21.1 Å². The summed E-state index contributed by atoms with van der Waals surface area (Å²) >= 11 is 5.88. The number of nitrogens with one attached hydrogen (secondary N) is 1. The third-order valence-corrected chi connectivity index (χ3v) is 1.97. The first kappa shape index (κ1) is 13.0. The van der Waals surface area contributed by atoms with Crippen LogP contribution in [0.25, 0.3) is 0 Å². The third kappa shape index (κ3) is 4.20. The normalized spacial score (nSPS) is 10.6. The van der Waals surface area contributed by atoms with Crippen molar-refractivity contribution in [3.05, 3.63) is 11.2 Å². The monoisotopic (exact) mass is 245 g/mol. The number of anilines is 1. The highest BCUT2D eigenvalue weighted by Gasteiger charge is 2.05. The Labute approximate surface area is 100 Å². The molecular weight excluding hydrogens is 230 g/mol. The molecule has 0 saturated carbocycles. The molecule has 0 aliphatic heterocycles. The first-order chi connectivity index (χ1) is 7.63. The summed E-state index contributed by atoms with van der Waals surface area (Å²) in [5.74, 6) is 0.845. The van der Waals surface area contributed by atoms with Crippen molar-refractivity contribution in [1.29, 1.82) is 0 Å². The summed E-state index contributed by atoms with van der Waals surface area (Å²) in [6.07, 6.45) is 1.69. The fourth-order valence-electron chi connectivity index (χ4n) is 0.995. The Morgan fingerprint density at radius 2 is 2.19 bits per heavy atom. The molecule has 1 aromatic rings. The number of aromatic nitrogens is 2. The Kier molecular flexibility index (Phi) is 5.28. The van der Waals surface area contributed by atoms with Crippen molar-refractivity contribution >= 4 is 17.5 Å². The SMILES string of the molecule is CNc1ncc(Cl)c(OCCOC(C)C)n1. The van der Waals surface area contributed by atoms with Crippen LogP contribution in [0.2, 0.25) is 5.02 Å². The maximum absolute atomic E-state index is 5.88. The Hall–Kier alpha value is -1.07. The average molecular weight is 246 g/mol. The van der Waals surface area contributed by atoms with E-state index in [0.29, 0.717) is 30.1 Å². The molecule has 0 atom stereocenters. The van der Waals surface area contributed by atoms with Crippen LogP contribution in [-0.4, -0.2) is 36.3 Å². The van der Waals surface area contributed by atoms with Crippen molar-refractivity contribution in [2.24, 2.45) is 0 Å². The number of nitrogens with zero attached hydrogens (tertiary/aromatic N) is 2. The van der Waals surface area contributed by atoms with Gasteiger partial charge in [-0.25, -0.2) is 4.98 Å². The zero-order valence-electron chi connectivity index (χ0n) is 9.66. The minimum Gasteiger partial charge on any atom is -0.474 e. The molecule has 0 radical (unpaired) electrons. The van der Waals surface area contributed by atoms with Gasteiger partial charge >= 0.3 is 0 Å². The van der Waals surface area contributed by atoms with Gasteiger partial charge in [-0.3, -0.25) is 0 Å². The molecule has 0 unspecified atom stereocenters. The molecule has 1 N–H and O–H groups in total. The lowest BCUT2D eigenvalue weighted by Gasteiger charge is -2.10. The number of ether oxygens (including phenoxy) is 2. The Balaban J connectivity index is 2.46. The van der Waals surface area contributed by atoms with Crippen LogP contribution in [0.4, 0.5) is 5.95 Å². The zero-order valence-corrected chi connectivity index (χ0v) is 10.4. The van der Waals surface area contributed by atoms with E-state index in [1.54, 1.807) is 7.05 Å². The van der Waals surface area contributed by atoms with Crippen molar-refractivity contribution in [1.82, 2.24) is 9.97 Å². The molecule has 0 fully saturated rings. The van der Waals surface area contributed by atoms with Crippen LogP contribution in [0.1, 0.15) is 13.8 Å². The van der Waals surface area contributed by atoms with E-state index in [9.17, 15) is 0 Å². The van der Waals surface area contributed by atoms with Crippen molar-refractivity contribution in [3.8, 4) is 5.88 Å². The molecule has 0 saturated heterocycles. The van der Waals surface area contributed by atoms with Crippen molar-refractivity contribution in [2.45, 2.75) is 20.0 Å². The van der Waals surface area contributed by atoms with E-state index < -0.39 is 0 Å². The second-order valence-electron chi connectivity index (χ2n) is 3.36. The van der Waals surface area contributed by atoms with E-state index in [2.05, 4.69) is 15.3 Å². The van der Waals surface area contributed by atoms with Gasteiger partial charge in [-0.15, -0.1) is 0 Å². The smallest absolute Gasteiger partial charge is 0.237 e. The van der Waals surface area contributed by atoms with Gasteiger partial charge in [0.1, 0.15) is 11.6 Å². The van der Waals surface area contributed by atoms with E-state index in [0.717, 1.165) is 0 Å². The van der Waals surface area contributed by atoms with Gasteiger partial charge in [0.2, 0.25) is 11.8 Å². The maximum atomic E-state index is 5.88. The molecule has 6 heteroatoms. The molecule has 0 spiro atoms. The molecule has 1 rings (SSSR count). The van der Waals surface area contributed by atoms with E-state index >= 15 is 0 Å². The Morgan fingerprint density at radius 1 is 1.44 bits per heavy atom. The van der Waals surface area contributed by atoms with Crippen molar-refractivity contribution in [2.75, 3.05) is 25.6 Å². The van der Waals surface area contributed by atoms with E-state index in [1.165, 1.54) is 6.20 Å². The second-order valence-corrected chi connectivity index (χ2v) is 3.77. The Morgan fingerprint density at radius 3 is 2.81 bits per heavy atom. The summed E-state index contributed by atoms with van der Waals surface area (Å²) in [7, 11) is 1.73. The molecule has 0 bridgehead atoms. The minimum absolute atomic E-state index is 0.192. The summed E-state index contributed by atoms with van der Waals surface area (Å²) in [6.45, 7) is 4.86. The average Bonchev–Trinajstić information content (AvgIpc) is 2.26. The summed E-state index contributed by atoms with van der Waals surface area (Å²) in [5.41, 5.74) is 0. The van der Waals surface area contributed by atoms with Gasteiger partial charge < -0.3 is 14.8 Å². The minimum atomic E-state index is 0.192. The molecule has 0 aliphatic rings. The highest BCUT2D eigenvalue weighted by atomic mass is 35.5. The van der Waals surface area contributed by atoms with Gasteiger partial charge in [-0.2, -0.15) is 4.98 Å². The van der Waals surface area contributed by atoms with Crippen molar-refractivity contribution < 1.29 is 9.47 Å². The fraction of sp³-hybridized carbons (Fsp3) is 0.600. The summed E-state index contributed by atoms with van der Waals surface area (Å²) < 4.78 is 10.7. The molecule has 90 valence electrons. The first-order valence-electron chi connectivity index (χ1n) is 5.08. The van der Waals surface area contributed by atoms with E-state index in [-0.39, 0.29) is 6.10 Å². The molecule has 0 aliphatic carbocycles. The lowest BCUT2D eigenvalue weighted by molar-refractivity contribution is 0.0543. The van der Waals surface area contributed by atoms with Gasteiger partial charge in [0.05, 0.1) is 18.9 Å². The van der Waals surface area contributed by atoms with Crippen LogP contribution in [0.3, 0.4) is 0 Å². The van der Waals surface area contributed by atoms with Gasteiger partial charge in [-0.05, 0) is 13.8 Å². The first-order valence-corrected chi connectivity index (χ1v) is 5.46. The molecule has 1 aromatic heterocycles. The number of hydrogen-bond acceptors (Lipinski definition) is 5. The van der Waals surface area contributed by atoms with Gasteiger partial charge in [0.15, 0.2) is 0 Å². The van der Waals surface area contributed by atoms with Gasteiger partial charge in [-0.1, -0.05) is 11.6 Å². The third-order valence-electron chi connectivity index (χ3n) is 1.71. The molecule has 0 amide bonds. The van der Waals surface area contributed by atoms with Gasteiger partial charge in [0.25, 0.3) is 0 Å². The predicted molar refractivity (Wildman–Crippen MR) is 63.2 cm³/mol. The summed E-state index contributed by atoms with van der Waals surface area (Å²) in [4.78, 5) is 8.02. The highest BCUT2D eigenvalue weighted by molar-refractivity contribution is 6.31. The maximum Gasteiger partial charge on any atom is 0.237 e. The van der Waals surface area contributed by atoms with Gasteiger partial charge in [0, 0.05) is 7.05 Å². The van der Waals surface area contributed by atoms with Crippen LogP contribution in [-0.2, 0) is 4.74 Å². The molecule has 5 nitrogen and oxygen atoms in total.